The van der Waals surface area contributed by atoms with E-state index in [0.29, 0.717) is 22.2 Å². The maximum atomic E-state index is 8.92. The SMILES string of the molecule is CSC(=Nc1ccc(Oc2ccncc2)cc1)C(C#N)C#N. The van der Waals surface area contributed by atoms with Gasteiger partial charge in [-0.15, -0.1) is 11.8 Å². The smallest absolute Gasteiger partial charge is 0.181 e. The zero-order valence-electron chi connectivity index (χ0n) is 11.8. The number of rotatable bonds is 4. The zero-order valence-corrected chi connectivity index (χ0v) is 12.6. The summed E-state index contributed by atoms with van der Waals surface area (Å²) in [5.41, 5.74) is 0.668. The zero-order chi connectivity index (χ0) is 15.8. The van der Waals surface area contributed by atoms with Crippen molar-refractivity contribution in [3.8, 4) is 23.6 Å². The summed E-state index contributed by atoms with van der Waals surface area (Å²) < 4.78 is 5.66. The van der Waals surface area contributed by atoms with Crippen molar-refractivity contribution in [2.24, 2.45) is 10.9 Å². The van der Waals surface area contributed by atoms with Crippen LogP contribution < -0.4 is 4.74 Å². The van der Waals surface area contributed by atoms with Crippen molar-refractivity contribution < 1.29 is 4.74 Å². The van der Waals surface area contributed by atoms with Crippen LogP contribution in [0, 0.1) is 28.6 Å². The van der Waals surface area contributed by atoms with Crippen LogP contribution in [-0.2, 0) is 0 Å². The Kier molecular flexibility index (Phi) is 5.53. The first-order chi connectivity index (χ1) is 10.8. The van der Waals surface area contributed by atoms with E-state index in [-0.39, 0.29) is 0 Å². The molecule has 2 rings (SSSR count). The molecule has 0 N–H and O–H groups in total. The van der Waals surface area contributed by atoms with Gasteiger partial charge >= 0.3 is 0 Å². The first-order valence-electron chi connectivity index (χ1n) is 6.36. The molecule has 108 valence electrons. The van der Waals surface area contributed by atoms with Crippen molar-refractivity contribution in [2.45, 2.75) is 0 Å². The maximum absolute atomic E-state index is 8.92. The molecule has 0 fully saturated rings. The van der Waals surface area contributed by atoms with E-state index in [1.807, 2.05) is 12.1 Å². The lowest BCUT2D eigenvalue weighted by Gasteiger charge is -2.06. The molecule has 6 heteroatoms. The summed E-state index contributed by atoms with van der Waals surface area (Å²) in [5.74, 6) is 0.529. The lowest BCUT2D eigenvalue weighted by Crippen LogP contribution is -2.05. The summed E-state index contributed by atoms with van der Waals surface area (Å²) in [4.78, 5) is 8.26. The van der Waals surface area contributed by atoms with Gasteiger partial charge in [-0.25, -0.2) is 4.99 Å². The molecule has 0 unspecified atom stereocenters. The average Bonchev–Trinajstić information content (AvgIpc) is 2.57. The van der Waals surface area contributed by atoms with Crippen LogP contribution in [0.25, 0.3) is 0 Å². The van der Waals surface area contributed by atoms with Crippen molar-refractivity contribution >= 4 is 22.5 Å². The summed E-state index contributed by atoms with van der Waals surface area (Å²) in [7, 11) is 0. The lowest BCUT2D eigenvalue weighted by molar-refractivity contribution is 0.482. The molecule has 0 spiro atoms. The molecule has 0 aliphatic carbocycles. The number of thioether (sulfide) groups is 1. The summed E-state index contributed by atoms with van der Waals surface area (Å²) in [5, 5.41) is 18.3. The second-order valence-corrected chi connectivity index (χ2v) is 4.95. The van der Waals surface area contributed by atoms with Gasteiger partial charge < -0.3 is 4.74 Å². The molecule has 5 nitrogen and oxygen atoms in total. The van der Waals surface area contributed by atoms with Crippen LogP contribution in [0.3, 0.4) is 0 Å². The van der Waals surface area contributed by atoms with Gasteiger partial charge in [-0.1, -0.05) is 0 Å². The highest BCUT2D eigenvalue weighted by Crippen LogP contribution is 2.25. The Morgan fingerprint density at radius 2 is 1.68 bits per heavy atom. The van der Waals surface area contributed by atoms with Crippen molar-refractivity contribution in [3.63, 3.8) is 0 Å². The van der Waals surface area contributed by atoms with Gasteiger partial charge in [-0.3, -0.25) is 4.98 Å². The van der Waals surface area contributed by atoms with Crippen molar-refractivity contribution in [1.29, 1.82) is 10.5 Å². The van der Waals surface area contributed by atoms with E-state index in [9.17, 15) is 0 Å². The minimum Gasteiger partial charge on any atom is -0.457 e. The summed E-state index contributed by atoms with van der Waals surface area (Å²) >= 11 is 1.30. The minimum absolute atomic E-state index is 0.479. The number of aromatic nitrogens is 1. The third kappa shape index (κ3) is 4.08. The maximum Gasteiger partial charge on any atom is 0.181 e. The number of nitriles is 2. The van der Waals surface area contributed by atoms with E-state index in [1.165, 1.54) is 11.8 Å². The predicted molar refractivity (Wildman–Crippen MR) is 86.1 cm³/mol. The lowest BCUT2D eigenvalue weighted by atomic mass is 10.2. The Balaban J connectivity index is 2.15. The van der Waals surface area contributed by atoms with Crippen LogP contribution >= 0.6 is 11.8 Å². The van der Waals surface area contributed by atoms with Gasteiger partial charge in [0.15, 0.2) is 5.92 Å². The molecule has 0 aliphatic heterocycles. The molecule has 0 saturated carbocycles. The summed E-state index contributed by atoms with van der Waals surface area (Å²) in [6, 6.07) is 14.5. The number of ether oxygens (including phenoxy) is 1. The summed E-state index contributed by atoms with van der Waals surface area (Å²) in [6.45, 7) is 0. The van der Waals surface area contributed by atoms with Gasteiger partial charge in [0.25, 0.3) is 0 Å². The van der Waals surface area contributed by atoms with E-state index in [4.69, 9.17) is 15.3 Å². The molecular formula is C16H12N4OS. The van der Waals surface area contributed by atoms with Crippen LogP contribution in [0.5, 0.6) is 11.5 Å². The molecule has 0 bridgehead atoms. The highest BCUT2D eigenvalue weighted by molar-refractivity contribution is 8.13. The Hall–Kier alpha value is -2.83. The fourth-order valence-electron chi connectivity index (χ4n) is 1.63. The molecular weight excluding hydrogens is 296 g/mol. The molecule has 0 saturated heterocycles. The number of pyridine rings is 1. The van der Waals surface area contributed by atoms with Crippen LogP contribution in [-0.4, -0.2) is 16.3 Å². The van der Waals surface area contributed by atoms with Crippen LogP contribution in [0.1, 0.15) is 0 Å². The number of aliphatic imine (C=N–C) groups is 1. The van der Waals surface area contributed by atoms with Crippen LogP contribution in [0.2, 0.25) is 0 Å². The fourth-order valence-corrected chi connectivity index (χ4v) is 2.16. The van der Waals surface area contributed by atoms with Gasteiger partial charge in [-0.05, 0) is 42.7 Å². The predicted octanol–water partition coefficient (Wildman–Crippen LogP) is 3.93. The van der Waals surface area contributed by atoms with E-state index >= 15 is 0 Å². The monoisotopic (exact) mass is 308 g/mol. The van der Waals surface area contributed by atoms with E-state index in [1.54, 1.807) is 55.0 Å². The number of nitrogens with zero attached hydrogens (tertiary/aromatic N) is 4. The molecule has 0 atom stereocenters. The normalized spacial score (nSPS) is 10.8. The standard InChI is InChI=1S/C16H12N4OS/c1-22-16(12(10-17)11-18)20-13-2-4-14(5-3-13)21-15-6-8-19-9-7-15/h2-9,12H,1H3. The van der Waals surface area contributed by atoms with Crippen LogP contribution in [0.4, 0.5) is 5.69 Å². The van der Waals surface area contributed by atoms with E-state index < -0.39 is 5.92 Å². The quantitative estimate of drug-likeness (QED) is 0.631. The topological polar surface area (TPSA) is 82.1 Å². The van der Waals surface area contributed by atoms with E-state index in [2.05, 4.69) is 9.98 Å². The third-order valence-corrected chi connectivity index (χ3v) is 3.42. The number of hydrogen-bond donors (Lipinski definition) is 0. The van der Waals surface area contributed by atoms with Crippen molar-refractivity contribution in [1.82, 2.24) is 4.98 Å². The molecule has 2 aromatic rings. The van der Waals surface area contributed by atoms with Gasteiger partial charge in [0.1, 0.15) is 16.5 Å². The van der Waals surface area contributed by atoms with Gasteiger partial charge in [0, 0.05) is 12.4 Å². The molecule has 1 heterocycles. The van der Waals surface area contributed by atoms with E-state index in [0.717, 1.165) is 0 Å². The van der Waals surface area contributed by atoms with Gasteiger partial charge in [0.2, 0.25) is 0 Å². The first-order valence-corrected chi connectivity index (χ1v) is 7.59. The molecule has 0 aliphatic rings. The minimum atomic E-state index is -0.845. The van der Waals surface area contributed by atoms with Gasteiger partial charge in [-0.2, -0.15) is 10.5 Å². The van der Waals surface area contributed by atoms with Gasteiger partial charge in [0.05, 0.1) is 17.8 Å². The Morgan fingerprint density at radius 3 is 2.23 bits per heavy atom. The molecule has 22 heavy (non-hydrogen) atoms. The third-order valence-electron chi connectivity index (χ3n) is 2.68. The molecule has 1 aromatic carbocycles. The van der Waals surface area contributed by atoms with Crippen LogP contribution in [0.15, 0.2) is 53.8 Å². The highest BCUT2D eigenvalue weighted by atomic mass is 32.2. The Labute approximate surface area is 132 Å². The largest absolute Gasteiger partial charge is 0.457 e. The Morgan fingerprint density at radius 1 is 1.09 bits per heavy atom. The molecule has 0 amide bonds. The average molecular weight is 308 g/mol. The first kappa shape index (κ1) is 15.6. The molecule has 1 aromatic heterocycles. The van der Waals surface area contributed by atoms with Crippen molar-refractivity contribution in [3.05, 3.63) is 48.8 Å². The molecule has 0 radical (unpaired) electrons. The fraction of sp³-hybridized carbons (Fsp3) is 0.125. The summed E-state index contributed by atoms with van der Waals surface area (Å²) in [6.07, 6.45) is 5.10. The second kappa shape index (κ2) is 7.82. The number of benzene rings is 1. The van der Waals surface area contributed by atoms with Crippen molar-refractivity contribution in [2.75, 3.05) is 6.26 Å². The second-order valence-electron chi connectivity index (χ2n) is 4.12. The number of hydrogen-bond acceptors (Lipinski definition) is 6. The Bertz CT molecular complexity index is 715. The highest BCUT2D eigenvalue weighted by Gasteiger charge is 2.13.